The van der Waals surface area contributed by atoms with Crippen molar-refractivity contribution in [2.45, 2.75) is 6.04 Å². The second kappa shape index (κ2) is 9.45. The number of halogens is 2. The van der Waals surface area contributed by atoms with E-state index in [-0.39, 0.29) is 29.9 Å². The van der Waals surface area contributed by atoms with Gasteiger partial charge >= 0.3 is 0 Å². The number of rotatable bonds is 7. The summed E-state index contributed by atoms with van der Waals surface area (Å²) in [4.78, 5) is 24.2. The van der Waals surface area contributed by atoms with Crippen LogP contribution in [0.5, 0.6) is 5.75 Å². The molecule has 2 amide bonds. The highest BCUT2D eigenvalue weighted by Gasteiger charge is 2.18. The Hall–Kier alpha value is -3.02. The molecule has 0 radical (unpaired) electrons. The Morgan fingerprint density at radius 3 is 2.17 bits per heavy atom. The fourth-order valence-electron chi connectivity index (χ4n) is 2.83. The van der Waals surface area contributed by atoms with E-state index in [2.05, 4.69) is 5.32 Å². The third kappa shape index (κ3) is 5.50. The van der Waals surface area contributed by atoms with Gasteiger partial charge in [-0.25, -0.2) is 0 Å². The third-order valence-electron chi connectivity index (χ3n) is 4.21. The van der Waals surface area contributed by atoms with Gasteiger partial charge in [-0.15, -0.1) is 0 Å². The standard InChI is InChI=1S/C22H18Cl2N2O3/c23-16-8-6-15(7-9-16)21(14-4-2-1-3-5-14)26-20(27)13-29-19-11-10-17(24)12-18(19)22(25)28/h1-12,21H,13H2,(H2,25,28)(H,26,27). The van der Waals surface area contributed by atoms with Crippen LogP contribution in [0.1, 0.15) is 27.5 Å². The van der Waals surface area contributed by atoms with Crippen LogP contribution in [0.4, 0.5) is 0 Å². The summed E-state index contributed by atoms with van der Waals surface area (Å²) in [6, 6.07) is 20.9. The molecule has 148 valence electrons. The van der Waals surface area contributed by atoms with Crippen molar-refractivity contribution in [3.8, 4) is 5.75 Å². The summed E-state index contributed by atoms with van der Waals surface area (Å²) in [5.41, 5.74) is 7.24. The minimum absolute atomic E-state index is 0.114. The largest absolute Gasteiger partial charge is 0.483 e. The molecule has 0 saturated heterocycles. The minimum atomic E-state index is -0.689. The average molecular weight is 429 g/mol. The lowest BCUT2D eigenvalue weighted by atomic mass is 9.99. The topological polar surface area (TPSA) is 81.4 Å². The fourth-order valence-corrected chi connectivity index (χ4v) is 3.12. The molecule has 3 aromatic rings. The number of nitrogens with two attached hydrogens (primary N) is 1. The molecular weight excluding hydrogens is 411 g/mol. The molecule has 0 aromatic heterocycles. The Bertz CT molecular complexity index is 1010. The monoisotopic (exact) mass is 428 g/mol. The highest BCUT2D eigenvalue weighted by atomic mass is 35.5. The maximum atomic E-state index is 12.6. The highest BCUT2D eigenvalue weighted by Crippen LogP contribution is 2.25. The number of carbonyl (C=O) groups excluding carboxylic acids is 2. The molecule has 0 aliphatic rings. The first-order valence-corrected chi connectivity index (χ1v) is 9.51. The summed E-state index contributed by atoms with van der Waals surface area (Å²) < 4.78 is 5.51. The summed E-state index contributed by atoms with van der Waals surface area (Å²) in [5.74, 6) is -0.856. The number of primary amides is 1. The van der Waals surface area contributed by atoms with Gasteiger partial charge in [-0.2, -0.15) is 0 Å². The van der Waals surface area contributed by atoms with Crippen molar-refractivity contribution in [2.75, 3.05) is 6.61 Å². The van der Waals surface area contributed by atoms with Gasteiger partial charge in [0.15, 0.2) is 6.61 Å². The lowest BCUT2D eigenvalue weighted by molar-refractivity contribution is -0.123. The maximum Gasteiger partial charge on any atom is 0.258 e. The van der Waals surface area contributed by atoms with Gasteiger partial charge in [0.25, 0.3) is 11.8 Å². The number of hydrogen-bond donors (Lipinski definition) is 2. The van der Waals surface area contributed by atoms with Crippen LogP contribution in [0, 0.1) is 0 Å². The normalized spacial score (nSPS) is 11.5. The zero-order valence-corrected chi connectivity index (χ0v) is 16.8. The van der Waals surface area contributed by atoms with E-state index in [1.807, 2.05) is 42.5 Å². The summed E-state index contributed by atoms with van der Waals surface area (Å²) in [6.07, 6.45) is 0. The Kier molecular flexibility index (Phi) is 6.75. The summed E-state index contributed by atoms with van der Waals surface area (Å²) in [5, 5.41) is 3.91. The minimum Gasteiger partial charge on any atom is -0.483 e. The van der Waals surface area contributed by atoms with Crippen molar-refractivity contribution in [3.63, 3.8) is 0 Å². The smallest absolute Gasteiger partial charge is 0.258 e. The number of amides is 2. The lowest BCUT2D eigenvalue weighted by Gasteiger charge is -2.20. The van der Waals surface area contributed by atoms with E-state index in [0.29, 0.717) is 10.0 Å². The van der Waals surface area contributed by atoms with Crippen molar-refractivity contribution in [1.29, 1.82) is 0 Å². The Morgan fingerprint density at radius 1 is 0.897 bits per heavy atom. The van der Waals surface area contributed by atoms with Crippen molar-refractivity contribution in [1.82, 2.24) is 5.32 Å². The predicted octanol–water partition coefficient (Wildman–Crippen LogP) is 4.38. The first-order valence-electron chi connectivity index (χ1n) is 8.76. The highest BCUT2D eigenvalue weighted by molar-refractivity contribution is 6.31. The van der Waals surface area contributed by atoms with Crippen molar-refractivity contribution >= 4 is 35.0 Å². The van der Waals surface area contributed by atoms with Gasteiger partial charge in [-0.05, 0) is 41.5 Å². The van der Waals surface area contributed by atoms with E-state index in [1.165, 1.54) is 12.1 Å². The van der Waals surface area contributed by atoms with E-state index in [9.17, 15) is 9.59 Å². The molecule has 29 heavy (non-hydrogen) atoms. The average Bonchev–Trinajstić information content (AvgIpc) is 2.72. The maximum absolute atomic E-state index is 12.6. The molecule has 7 heteroatoms. The molecule has 0 aliphatic heterocycles. The lowest BCUT2D eigenvalue weighted by Crippen LogP contribution is -2.33. The van der Waals surface area contributed by atoms with Gasteiger partial charge in [-0.3, -0.25) is 9.59 Å². The van der Waals surface area contributed by atoms with Crippen molar-refractivity contribution in [3.05, 3.63) is 99.5 Å². The van der Waals surface area contributed by atoms with Crippen LogP contribution in [0.25, 0.3) is 0 Å². The first kappa shape index (κ1) is 20.7. The molecular formula is C22H18Cl2N2O3. The number of ether oxygens (including phenoxy) is 1. The molecule has 3 rings (SSSR count). The number of benzene rings is 3. The number of hydrogen-bond acceptors (Lipinski definition) is 3. The molecule has 1 atom stereocenters. The van der Waals surface area contributed by atoms with E-state index in [4.69, 9.17) is 33.7 Å². The van der Waals surface area contributed by atoms with Gasteiger partial charge < -0.3 is 15.8 Å². The van der Waals surface area contributed by atoms with E-state index in [0.717, 1.165) is 11.1 Å². The number of nitrogens with one attached hydrogen (secondary N) is 1. The molecule has 0 saturated carbocycles. The van der Waals surface area contributed by atoms with Gasteiger partial charge in [0.1, 0.15) is 5.75 Å². The van der Waals surface area contributed by atoms with Crippen LogP contribution in [0.3, 0.4) is 0 Å². The summed E-state index contributed by atoms with van der Waals surface area (Å²) in [7, 11) is 0. The van der Waals surface area contributed by atoms with E-state index < -0.39 is 5.91 Å². The zero-order chi connectivity index (χ0) is 20.8. The van der Waals surface area contributed by atoms with Crippen LogP contribution < -0.4 is 15.8 Å². The molecule has 0 spiro atoms. The van der Waals surface area contributed by atoms with Crippen LogP contribution in [-0.2, 0) is 4.79 Å². The second-order valence-electron chi connectivity index (χ2n) is 6.26. The first-order chi connectivity index (χ1) is 13.9. The molecule has 3 aromatic carbocycles. The molecule has 3 N–H and O–H groups in total. The van der Waals surface area contributed by atoms with Gasteiger partial charge in [0, 0.05) is 10.0 Å². The Morgan fingerprint density at radius 2 is 1.52 bits per heavy atom. The van der Waals surface area contributed by atoms with Crippen molar-refractivity contribution < 1.29 is 14.3 Å². The predicted molar refractivity (Wildman–Crippen MR) is 113 cm³/mol. The molecule has 1 unspecified atom stereocenters. The fraction of sp³-hybridized carbons (Fsp3) is 0.0909. The number of carbonyl (C=O) groups is 2. The third-order valence-corrected chi connectivity index (χ3v) is 4.69. The van der Waals surface area contributed by atoms with Crippen LogP contribution in [0.2, 0.25) is 10.0 Å². The van der Waals surface area contributed by atoms with Crippen LogP contribution in [0.15, 0.2) is 72.8 Å². The van der Waals surface area contributed by atoms with E-state index in [1.54, 1.807) is 18.2 Å². The van der Waals surface area contributed by atoms with E-state index >= 15 is 0 Å². The summed E-state index contributed by atoms with van der Waals surface area (Å²) >= 11 is 11.9. The molecule has 0 fully saturated rings. The van der Waals surface area contributed by atoms with Crippen LogP contribution >= 0.6 is 23.2 Å². The van der Waals surface area contributed by atoms with Gasteiger partial charge in [0.05, 0.1) is 11.6 Å². The Labute approximate surface area is 178 Å². The van der Waals surface area contributed by atoms with Gasteiger partial charge in [0.2, 0.25) is 0 Å². The second-order valence-corrected chi connectivity index (χ2v) is 7.13. The molecule has 5 nitrogen and oxygen atoms in total. The summed E-state index contributed by atoms with van der Waals surface area (Å²) in [6.45, 7) is -0.293. The van der Waals surface area contributed by atoms with Crippen molar-refractivity contribution in [2.24, 2.45) is 5.73 Å². The molecule has 0 heterocycles. The zero-order valence-electron chi connectivity index (χ0n) is 15.3. The van der Waals surface area contributed by atoms with Crippen LogP contribution in [-0.4, -0.2) is 18.4 Å². The molecule has 0 bridgehead atoms. The molecule has 0 aliphatic carbocycles. The SMILES string of the molecule is NC(=O)c1cc(Cl)ccc1OCC(=O)NC(c1ccccc1)c1ccc(Cl)cc1. The quantitative estimate of drug-likeness (QED) is 0.585. The Balaban J connectivity index is 1.76. The van der Waals surface area contributed by atoms with Gasteiger partial charge in [-0.1, -0.05) is 65.7 Å².